The molecule has 10 heteroatoms. The normalized spacial score (nSPS) is 24.7. The molecule has 1 aliphatic heterocycles. The fraction of sp³-hybridized carbons (Fsp3) is 0.455. The number of ether oxygens (including phenoxy) is 4. The van der Waals surface area contributed by atoms with E-state index >= 15 is 0 Å². The van der Waals surface area contributed by atoms with Crippen molar-refractivity contribution in [3.63, 3.8) is 0 Å². The van der Waals surface area contributed by atoms with Crippen molar-refractivity contribution in [3.05, 3.63) is 103 Å². The van der Waals surface area contributed by atoms with Crippen LogP contribution >= 0.6 is 0 Å². The molecule has 3 aromatic carbocycles. The molecule has 6 unspecified atom stereocenters. The molecule has 1 heterocycles. The minimum Gasteiger partial charge on any atom is -0.459 e. The molecule has 6 rings (SSSR count). The number of benzene rings is 3. The zero-order chi connectivity index (χ0) is 38.1. The summed E-state index contributed by atoms with van der Waals surface area (Å²) in [4.78, 5) is 20.5. The highest BCUT2D eigenvalue weighted by atomic mass is 16.7. The first-order valence-electron chi connectivity index (χ1n) is 19.2. The summed E-state index contributed by atoms with van der Waals surface area (Å²) in [6.07, 6.45) is 8.61. The molecule has 3 aliphatic rings. The summed E-state index contributed by atoms with van der Waals surface area (Å²) in [6.45, 7) is 6.39. The fourth-order valence-corrected chi connectivity index (χ4v) is 8.74. The van der Waals surface area contributed by atoms with Gasteiger partial charge in [-0.1, -0.05) is 72.6 Å². The van der Waals surface area contributed by atoms with Gasteiger partial charge in [-0.15, -0.1) is 6.58 Å². The van der Waals surface area contributed by atoms with Crippen LogP contribution < -0.4 is 9.47 Å². The quantitative estimate of drug-likeness (QED) is 0.0804. The van der Waals surface area contributed by atoms with Crippen LogP contribution in [0.1, 0.15) is 63.4 Å². The van der Waals surface area contributed by atoms with E-state index in [2.05, 4.69) is 48.1 Å². The summed E-state index contributed by atoms with van der Waals surface area (Å²) < 4.78 is 26.0. The highest BCUT2D eigenvalue weighted by molar-refractivity contribution is 6.02. The first-order valence-corrected chi connectivity index (χ1v) is 19.2. The molecule has 1 amide bonds. The van der Waals surface area contributed by atoms with E-state index in [1.54, 1.807) is 24.9 Å². The maximum atomic E-state index is 13.5. The lowest BCUT2D eigenvalue weighted by atomic mass is 9.55. The van der Waals surface area contributed by atoms with Crippen LogP contribution in [-0.2, 0) is 14.3 Å². The Hall–Kier alpha value is -4.64. The molecule has 10 nitrogen and oxygen atoms in total. The van der Waals surface area contributed by atoms with Crippen molar-refractivity contribution >= 4 is 11.8 Å². The highest BCUT2D eigenvalue weighted by Crippen LogP contribution is 2.62. The van der Waals surface area contributed by atoms with Gasteiger partial charge in [-0.05, 0) is 91.5 Å². The standard InChI is InChI=1S/C44H54N2O8/c1-5-26-52-44-40(46(3)43(49)51-6-2)29-38(45-50-4)36-27-32(16-10-12-24-47)35(17-11-13-25-48)41(42(36)44)37-28-34(22-23-39(37)54-44)53-33-20-18-31(19-21-33)30-14-8-7-9-15-30/h5,7-9,14-15,18-23,27-28,32,35,40-42,47-48H,1,6,10-13,16-17,24-26,29H2,2-4H3. The average Bonchev–Trinajstić information content (AvgIpc) is 3.19. The largest absolute Gasteiger partial charge is 0.459 e. The van der Waals surface area contributed by atoms with Crippen molar-refractivity contribution in [1.82, 2.24) is 4.90 Å². The monoisotopic (exact) mass is 738 g/mol. The van der Waals surface area contributed by atoms with Crippen molar-refractivity contribution in [1.29, 1.82) is 0 Å². The number of amides is 1. The van der Waals surface area contributed by atoms with Crippen LogP contribution in [0.3, 0.4) is 0 Å². The highest BCUT2D eigenvalue weighted by Gasteiger charge is 2.65. The number of fused-ring (bicyclic) bond motifs is 2. The summed E-state index contributed by atoms with van der Waals surface area (Å²) >= 11 is 0. The van der Waals surface area contributed by atoms with Gasteiger partial charge in [0.25, 0.3) is 0 Å². The van der Waals surface area contributed by atoms with Gasteiger partial charge >= 0.3 is 6.09 Å². The predicted octanol–water partition coefficient (Wildman–Crippen LogP) is 8.50. The molecule has 1 saturated carbocycles. The van der Waals surface area contributed by atoms with E-state index in [9.17, 15) is 15.0 Å². The zero-order valence-electron chi connectivity index (χ0n) is 31.7. The van der Waals surface area contributed by atoms with E-state index in [0.29, 0.717) is 36.5 Å². The zero-order valence-corrected chi connectivity index (χ0v) is 31.7. The number of hydrogen-bond acceptors (Lipinski definition) is 9. The summed E-state index contributed by atoms with van der Waals surface area (Å²) in [7, 11) is 3.25. The van der Waals surface area contributed by atoms with Crippen molar-refractivity contribution in [2.45, 2.75) is 69.6 Å². The van der Waals surface area contributed by atoms with E-state index in [1.807, 2.05) is 42.5 Å². The number of aliphatic hydroxyl groups is 2. The molecule has 54 heavy (non-hydrogen) atoms. The van der Waals surface area contributed by atoms with Gasteiger partial charge in [0.05, 0.1) is 24.8 Å². The van der Waals surface area contributed by atoms with Crippen molar-refractivity contribution in [3.8, 4) is 28.4 Å². The SMILES string of the molecule is C=CCOC12Oc3ccc(Oc4ccc(-c5ccccc5)cc4)cc3C3C(CCCCO)C(CCCCO)C=C(C(=NOC)CC1N(C)C(=O)OCC)C32. The van der Waals surface area contributed by atoms with Gasteiger partial charge in [-0.3, -0.25) is 0 Å². The molecule has 6 atom stereocenters. The molecule has 0 saturated heterocycles. The van der Waals surface area contributed by atoms with Gasteiger partial charge in [-0.25, -0.2) is 4.79 Å². The number of carbonyl (C=O) groups excluding carboxylic acids is 1. The van der Waals surface area contributed by atoms with E-state index < -0.39 is 23.8 Å². The first-order chi connectivity index (χ1) is 26.4. The number of unbranched alkanes of at least 4 members (excludes halogenated alkanes) is 2. The van der Waals surface area contributed by atoms with Crippen LogP contribution in [0.25, 0.3) is 11.1 Å². The average molecular weight is 739 g/mol. The number of likely N-dealkylation sites (N-methyl/N-ethyl adjacent to an activating group) is 1. The van der Waals surface area contributed by atoms with Crippen molar-refractivity contribution in [2.75, 3.05) is 40.6 Å². The Bertz CT molecular complexity index is 1780. The van der Waals surface area contributed by atoms with Crippen molar-refractivity contribution < 1.29 is 38.8 Å². The van der Waals surface area contributed by atoms with E-state index in [-0.39, 0.29) is 44.2 Å². The number of carbonyl (C=O) groups is 1. The van der Waals surface area contributed by atoms with E-state index in [1.165, 1.54) is 7.11 Å². The second kappa shape index (κ2) is 18.1. The molecule has 2 N–H and O–H groups in total. The van der Waals surface area contributed by atoms with Crippen LogP contribution in [0.4, 0.5) is 4.79 Å². The van der Waals surface area contributed by atoms with E-state index in [0.717, 1.165) is 53.7 Å². The van der Waals surface area contributed by atoms with Gasteiger partial charge in [0.2, 0.25) is 5.79 Å². The first kappa shape index (κ1) is 39.1. The molecule has 0 aromatic heterocycles. The lowest BCUT2D eigenvalue weighted by Gasteiger charge is -2.59. The second-order valence-electron chi connectivity index (χ2n) is 14.3. The predicted molar refractivity (Wildman–Crippen MR) is 209 cm³/mol. The number of aliphatic hydroxyl groups excluding tert-OH is 2. The number of hydrogen-bond donors (Lipinski definition) is 2. The Labute approximate surface area is 319 Å². The molecule has 2 aliphatic carbocycles. The van der Waals surface area contributed by atoms with Crippen LogP contribution in [0.5, 0.6) is 17.2 Å². The number of nitrogens with zero attached hydrogens (tertiary/aromatic N) is 2. The molecule has 0 radical (unpaired) electrons. The summed E-state index contributed by atoms with van der Waals surface area (Å²) in [6, 6.07) is 23.6. The lowest BCUT2D eigenvalue weighted by molar-refractivity contribution is -0.253. The van der Waals surface area contributed by atoms with Crippen molar-refractivity contribution in [2.24, 2.45) is 22.9 Å². The Morgan fingerprint density at radius 1 is 0.981 bits per heavy atom. The van der Waals surface area contributed by atoms with Crippen LogP contribution in [-0.4, -0.2) is 79.3 Å². The van der Waals surface area contributed by atoms with Gasteiger partial charge < -0.3 is 38.9 Å². The van der Waals surface area contributed by atoms with Gasteiger partial charge in [0, 0.05) is 38.2 Å². The summed E-state index contributed by atoms with van der Waals surface area (Å²) in [5.41, 5.74) is 4.92. The Balaban J connectivity index is 1.50. The van der Waals surface area contributed by atoms with Gasteiger partial charge in [0.1, 0.15) is 30.4 Å². The van der Waals surface area contributed by atoms with Crippen LogP contribution in [0, 0.1) is 17.8 Å². The van der Waals surface area contributed by atoms with Crippen LogP contribution in [0.15, 0.2) is 102 Å². The molecule has 3 aromatic rings. The minimum atomic E-state index is -1.33. The smallest absolute Gasteiger partial charge is 0.409 e. The third-order valence-electron chi connectivity index (χ3n) is 11.1. The maximum absolute atomic E-state index is 13.5. The molecule has 0 spiro atoms. The summed E-state index contributed by atoms with van der Waals surface area (Å²) in [5.74, 6) is 0.401. The molecule has 288 valence electrons. The lowest BCUT2D eigenvalue weighted by Crippen LogP contribution is -2.69. The second-order valence-corrected chi connectivity index (χ2v) is 14.3. The molecular formula is C44H54N2O8. The third-order valence-corrected chi connectivity index (χ3v) is 11.1. The maximum Gasteiger partial charge on any atom is 0.409 e. The number of oxime groups is 1. The Morgan fingerprint density at radius 3 is 2.37 bits per heavy atom. The van der Waals surface area contributed by atoms with Gasteiger partial charge in [0.15, 0.2) is 0 Å². The molecular weight excluding hydrogens is 684 g/mol. The topological polar surface area (TPSA) is 119 Å². The Morgan fingerprint density at radius 2 is 1.69 bits per heavy atom. The van der Waals surface area contributed by atoms with Crippen LogP contribution in [0.2, 0.25) is 0 Å². The Kier molecular flexibility index (Phi) is 13.1. The molecule has 1 fully saturated rings. The van der Waals surface area contributed by atoms with E-state index in [4.69, 9.17) is 23.8 Å². The number of allylic oxidation sites excluding steroid dienone is 1. The molecule has 0 bridgehead atoms. The van der Waals surface area contributed by atoms with Gasteiger partial charge in [-0.2, -0.15) is 0 Å². The minimum absolute atomic E-state index is 0.106. The number of rotatable bonds is 17. The third kappa shape index (κ3) is 8.06. The fourth-order valence-electron chi connectivity index (χ4n) is 8.74. The summed E-state index contributed by atoms with van der Waals surface area (Å²) in [5, 5.41) is 24.2.